The summed E-state index contributed by atoms with van der Waals surface area (Å²) < 4.78 is 5.79. The van der Waals surface area contributed by atoms with Gasteiger partial charge < -0.3 is 20.2 Å². The van der Waals surface area contributed by atoms with Crippen molar-refractivity contribution < 1.29 is 14.3 Å². The molecule has 0 fully saturated rings. The first-order valence-electron chi connectivity index (χ1n) is 6.50. The van der Waals surface area contributed by atoms with Gasteiger partial charge in [-0.25, -0.2) is 4.79 Å². The number of furan rings is 1. The minimum atomic E-state index is -0.932. The van der Waals surface area contributed by atoms with E-state index in [9.17, 15) is 9.90 Å². The summed E-state index contributed by atoms with van der Waals surface area (Å²) in [6, 6.07) is 10.3. The summed E-state index contributed by atoms with van der Waals surface area (Å²) in [5, 5.41) is 19.3. The number of carbonyl (C=O) groups is 1. The Bertz CT molecular complexity index is 1070. The number of nitrogens with two attached hydrogens (primary N) is 1. The van der Waals surface area contributed by atoms with Crippen LogP contribution in [0.25, 0.3) is 32.8 Å². The molecule has 7 heteroatoms. The van der Waals surface area contributed by atoms with Crippen LogP contribution in [0.5, 0.6) is 5.88 Å². The van der Waals surface area contributed by atoms with Crippen molar-refractivity contribution in [3.63, 3.8) is 0 Å². The Balaban J connectivity index is 2.05. The molecule has 0 aliphatic carbocycles. The summed E-state index contributed by atoms with van der Waals surface area (Å²) in [5.41, 5.74) is 7.17. The van der Waals surface area contributed by atoms with Gasteiger partial charge in [0, 0.05) is 16.2 Å². The van der Waals surface area contributed by atoms with E-state index in [0.717, 1.165) is 16.4 Å². The zero-order valence-corrected chi connectivity index (χ0v) is 11.2. The molecule has 0 atom stereocenters. The summed E-state index contributed by atoms with van der Waals surface area (Å²) in [6.07, 6.45) is 0. The summed E-state index contributed by atoms with van der Waals surface area (Å²) in [6.45, 7) is 0. The van der Waals surface area contributed by atoms with Gasteiger partial charge in [-0.3, -0.25) is 0 Å². The molecule has 2 heterocycles. The Morgan fingerprint density at radius 2 is 1.95 bits per heavy atom. The second kappa shape index (κ2) is 4.32. The van der Waals surface area contributed by atoms with E-state index in [1.54, 1.807) is 6.07 Å². The van der Waals surface area contributed by atoms with Crippen molar-refractivity contribution in [3.8, 4) is 5.88 Å². The average Bonchev–Trinajstić information content (AvgIpc) is 2.99. The largest absolute Gasteiger partial charge is 0.493 e. The van der Waals surface area contributed by atoms with E-state index in [-0.39, 0.29) is 11.6 Å². The minimum Gasteiger partial charge on any atom is -0.493 e. The van der Waals surface area contributed by atoms with Crippen molar-refractivity contribution in [2.24, 2.45) is 16.0 Å². The highest BCUT2D eigenvalue weighted by Crippen LogP contribution is 2.39. The highest BCUT2D eigenvalue weighted by molar-refractivity contribution is 6.11. The van der Waals surface area contributed by atoms with Crippen molar-refractivity contribution in [1.82, 2.24) is 4.98 Å². The molecule has 7 nitrogen and oxygen atoms in total. The normalized spacial score (nSPS) is 12.0. The van der Waals surface area contributed by atoms with Crippen molar-refractivity contribution in [1.29, 1.82) is 0 Å². The summed E-state index contributed by atoms with van der Waals surface area (Å²) >= 11 is 0. The van der Waals surface area contributed by atoms with Crippen LogP contribution in [0.1, 0.15) is 0 Å². The molecule has 0 spiro atoms. The first-order chi connectivity index (χ1) is 10.6. The van der Waals surface area contributed by atoms with E-state index < -0.39 is 6.03 Å². The number of para-hydroxylation sites is 1. The number of primary amides is 1. The molecule has 0 unspecified atom stereocenters. The highest BCUT2D eigenvalue weighted by atomic mass is 16.3. The van der Waals surface area contributed by atoms with Crippen molar-refractivity contribution in [2.75, 3.05) is 0 Å². The molecule has 0 saturated carbocycles. The number of nitrogens with zero attached hydrogens (tertiary/aromatic N) is 2. The second-order valence-electron chi connectivity index (χ2n) is 4.85. The number of H-pyrrole nitrogens is 1. The first-order valence-corrected chi connectivity index (χ1v) is 6.50. The van der Waals surface area contributed by atoms with Gasteiger partial charge in [-0.1, -0.05) is 23.3 Å². The lowest BCUT2D eigenvalue weighted by Gasteiger charge is -1.92. The van der Waals surface area contributed by atoms with Crippen LogP contribution in [-0.4, -0.2) is 16.1 Å². The number of amides is 2. The third-order valence-electron chi connectivity index (χ3n) is 3.50. The van der Waals surface area contributed by atoms with Gasteiger partial charge in [-0.2, -0.15) is 0 Å². The number of benzene rings is 2. The lowest BCUT2D eigenvalue weighted by atomic mass is 10.1. The summed E-state index contributed by atoms with van der Waals surface area (Å²) in [4.78, 5) is 13.5. The maximum absolute atomic E-state index is 10.7. The molecule has 0 bridgehead atoms. The fraction of sp³-hybridized carbons (Fsp3) is 0. The van der Waals surface area contributed by atoms with E-state index in [0.29, 0.717) is 16.5 Å². The van der Waals surface area contributed by atoms with Gasteiger partial charge in [0.15, 0.2) is 5.69 Å². The monoisotopic (exact) mass is 294 g/mol. The lowest BCUT2D eigenvalue weighted by molar-refractivity contribution is 0.255. The van der Waals surface area contributed by atoms with E-state index in [1.807, 2.05) is 30.3 Å². The highest BCUT2D eigenvalue weighted by Gasteiger charge is 2.15. The molecule has 108 valence electrons. The van der Waals surface area contributed by atoms with Crippen LogP contribution in [0.4, 0.5) is 10.5 Å². The molecule has 4 N–H and O–H groups in total. The predicted molar refractivity (Wildman–Crippen MR) is 81.3 cm³/mol. The summed E-state index contributed by atoms with van der Waals surface area (Å²) in [7, 11) is 0. The number of aromatic nitrogens is 1. The molecule has 2 aromatic carbocycles. The molecule has 0 aliphatic rings. The van der Waals surface area contributed by atoms with E-state index in [4.69, 9.17) is 10.2 Å². The minimum absolute atomic E-state index is 0.149. The van der Waals surface area contributed by atoms with E-state index in [1.165, 1.54) is 0 Å². The van der Waals surface area contributed by atoms with Gasteiger partial charge in [0.05, 0.1) is 5.52 Å². The Hall–Kier alpha value is -3.35. The topological polar surface area (TPSA) is 117 Å². The number of aromatic amines is 1. The fourth-order valence-electron chi connectivity index (χ4n) is 2.59. The molecule has 2 amide bonds. The van der Waals surface area contributed by atoms with Crippen LogP contribution in [-0.2, 0) is 0 Å². The number of fused-ring (bicyclic) bond motifs is 4. The molecule has 0 saturated heterocycles. The number of aromatic hydroxyl groups is 1. The maximum atomic E-state index is 10.7. The first kappa shape index (κ1) is 12.4. The third-order valence-corrected chi connectivity index (χ3v) is 3.50. The Morgan fingerprint density at radius 1 is 1.14 bits per heavy atom. The number of nitrogens with one attached hydrogen (secondary N) is 1. The SMILES string of the molecule is NC(=O)N=Nc1c(O)[nH]c2cc3c(cc12)oc1ccccc13. The number of urea groups is 1. The standard InChI is InChI=1S/C15H10N4O3/c16-15(21)19-18-13-9-6-12-8(5-10(9)17-14(13)20)7-3-1-2-4-11(7)22-12/h1-6,17,20H,(H2,16,21). The number of hydrogen-bond acceptors (Lipinski definition) is 4. The van der Waals surface area contributed by atoms with Gasteiger partial charge in [0.25, 0.3) is 0 Å². The third kappa shape index (κ3) is 1.72. The quantitative estimate of drug-likeness (QED) is 0.461. The second-order valence-corrected chi connectivity index (χ2v) is 4.85. The molecular weight excluding hydrogens is 284 g/mol. The van der Waals surface area contributed by atoms with Crippen LogP contribution < -0.4 is 5.73 Å². The van der Waals surface area contributed by atoms with Gasteiger partial charge in [-0.05, 0) is 18.2 Å². The predicted octanol–water partition coefficient (Wildman–Crippen LogP) is 3.94. The lowest BCUT2D eigenvalue weighted by Crippen LogP contribution is -2.01. The maximum Gasteiger partial charge on any atom is 0.356 e. The van der Waals surface area contributed by atoms with Gasteiger partial charge >= 0.3 is 6.03 Å². The van der Waals surface area contributed by atoms with Gasteiger partial charge in [-0.15, -0.1) is 5.11 Å². The van der Waals surface area contributed by atoms with Crippen molar-refractivity contribution in [2.45, 2.75) is 0 Å². The molecule has 2 aromatic heterocycles. The fourth-order valence-corrected chi connectivity index (χ4v) is 2.59. The van der Waals surface area contributed by atoms with Gasteiger partial charge in [0.2, 0.25) is 5.88 Å². The number of azo groups is 1. The number of rotatable bonds is 1. The molecule has 0 aliphatic heterocycles. The van der Waals surface area contributed by atoms with Crippen LogP contribution in [0.3, 0.4) is 0 Å². The molecule has 22 heavy (non-hydrogen) atoms. The van der Waals surface area contributed by atoms with Gasteiger partial charge in [0.1, 0.15) is 11.2 Å². The average molecular weight is 294 g/mol. The van der Waals surface area contributed by atoms with Crippen LogP contribution in [0.15, 0.2) is 51.0 Å². The van der Waals surface area contributed by atoms with Crippen molar-refractivity contribution >= 4 is 44.6 Å². The number of hydrogen-bond donors (Lipinski definition) is 3. The molecule has 0 radical (unpaired) electrons. The van der Waals surface area contributed by atoms with Crippen LogP contribution in [0.2, 0.25) is 0 Å². The van der Waals surface area contributed by atoms with Crippen LogP contribution in [0, 0.1) is 0 Å². The Morgan fingerprint density at radius 3 is 2.77 bits per heavy atom. The Kier molecular flexibility index (Phi) is 2.43. The Labute approximate surface area is 123 Å². The molecular formula is C15H10N4O3. The zero-order chi connectivity index (χ0) is 15.3. The van der Waals surface area contributed by atoms with E-state index >= 15 is 0 Å². The molecule has 4 aromatic rings. The smallest absolute Gasteiger partial charge is 0.356 e. The summed E-state index contributed by atoms with van der Waals surface area (Å²) in [5.74, 6) is -0.183. The zero-order valence-electron chi connectivity index (χ0n) is 11.2. The van der Waals surface area contributed by atoms with E-state index in [2.05, 4.69) is 15.2 Å². The number of carbonyl (C=O) groups excluding carboxylic acids is 1. The molecule has 4 rings (SSSR count). The van der Waals surface area contributed by atoms with Crippen LogP contribution >= 0.6 is 0 Å². The van der Waals surface area contributed by atoms with Crippen molar-refractivity contribution in [3.05, 3.63) is 36.4 Å².